The van der Waals surface area contributed by atoms with Crippen LogP contribution in [0, 0.1) is 11.6 Å². The zero-order chi connectivity index (χ0) is 26.9. The molecule has 3 aromatic carbocycles. The number of methoxy groups -OCH3 is 2. The first-order chi connectivity index (χ1) is 18.4. The van der Waals surface area contributed by atoms with Crippen molar-refractivity contribution in [3.05, 3.63) is 97.2 Å². The molecule has 2 aromatic heterocycles. The van der Waals surface area contributed by atoms with E-state index >= 15 is 8.78 Å². The number of nitrogens with zero attached hydrogens (tertiary/aromatic N) is 4. The molecule has 2 heterocycles. The first-order valence-corrected chi connectivity index (χ1v) is 12.7. The molecule has 0 saturated carbocycles. The molecule has 5 rings (SSSR count). The van der Waals surface area contributed by atoms with Gasteiger partial charge in [0.2, 0.25) is 0 Å². The van der Waals surface area contributed by atoms with Gasteiger partial charge in [-0.3, -0.25) is 4.98 Å². The lowest BCUT2D eigenvalue weighted by atomic mass is 10.0. The lowest BCUT2D eigenvalue weighted by Gasteiger charge is -2.27. The van der Waals surface area contributed by atoms with Gasteiger partial charge in [-0.15, -0.1) is 0 Å². The number of pyridine rings is 1. The molecule has 11 heteroatoms. The maximum absolute atomic E-state index is 16.0. The molecule has 0 aliphatic carbocycles. The number of aromatic nitrogens is 3. The number of sulfonamides is 1. The van der Waals surface area contributed by atoms with Crippen molar-refractivity contribution in [3.63, 3.8) is 0 Å². The van der Waals surface area contributed by atoms with Gasteiger partial charge >= 0.3 is 0 Å². The zero-order valence-corrected chi connectivity index (χ0v) is 21.0. The van der Waals surface area contributed by atoms with Gasteiger partial charge in [0.15, 0.2) is 29.0 Å². The highest BCUT2D eigenvalue weighted by molar-refractivity contribution is 7.93. The number of fused-ring (bicyclic) bond motifs is 1. The molecular formula is C27H20F2N4O4S. The molecule has 38 heavy (non-hydrogen) atoms. The maximum atomic E-state index is 16.0. The minimum absolute atomic E-state index is 0.0879. The van der Waals surface area contributed by atoms with Gasteiger partial charge in [-0.25, -0.2) is 31.5 Å². The topological polar surface area (TPSA) is 94.5 Å². The van der Waals surface area contributed by atoms with Crippen molar-refractivity contribution in [3.8, 4) is 22.6 Å². The predicted molar refractivity (Wildman–Crippen MR) is 138 cm³/mol. The third kappa shape index (κ3) is 4.26. The van der Waals surface area contributed by atoms with Crippen LogP contribution >= 0.6 is 0 Å². The van der Waals surface area contributed by atoms with Gasteiger partial charge in [0.05, 0.1) is 25.3 Å². The second-order valence-electron chi connectivity index (χ2n) is 8.04. The van der Waals surface area contributed by atoms with Crippen molar-refractivity contribution in [2.45, 2.75) is 4.90 Å². The van der Waals surface area contributed by atoms with E-state index < -0.39 is 33.1 Å². The summed E-state index contributed by atoms with van der Waals surface area (Å²) in [4.78, 5) is 11.8. The lowest BCUT2D eigenvalue weighted by molar-refractivity contribution is 0.385. The van der Waals surface area contributed by atoms with Gasteiger partial charge < -0.3 is 9.47 Å². The number of rotatable bonds is 7. The van der Waals surface area contributed by atoms with Crippen LogP contribution in [0.1, 0.15) is 0 Å². The highest BCUT2D eigenvalue weighted by Crippen LogP contribution is 2.46. The summed E-state index contributed by atoms with van der Waals surface area (Å²) in [7, 11) is -2.22. The fourth-order valence-corrected chi connectivity index (χ4v) is 5.57. The van der Waals surface area contributed by atoms with Crippen LogP contribution in [0.25, 0.3) is 21.9 Å². The molecular weight excluding hydrogens is 514 g/mol. The van der Waals surface area contributed by atoms with Crippen LogP contribution in [0.5, 0.6) is 11.5 Å². The first kappa shape index (κ1) is 25.0. The summed E-state index contributed by atoms with van der Waals surface area (Å²) in [5.41, 5.74) is -0.420. The molecule has 0 atom stereocenters. The number of halogens is 2. The second kappa shape index (κ2) is 10.0. The number of ether oxygens (including phenoxy) is 2. The summed E-state index contributed by atoms with van der Waals surface area (Å²) in [6.45, 7) is 0. The van der Waals surface area contributed by atoms with E-state index in [2.05, 4.69) is 15.0 Å². The van der Waals surface area contributed by atoms with Crippen LogP contribution in [0.15, 0.2) is 90.5 Å². The Morgan fingerprint density at radius 2 is 1.66 bits per heavy atom. The molecule has 0 saturated heterocycles. The Balaban J connectivity index is 1.82. The van der Waals surface area contributed by atoms with Crippen LogP contribution in [0.3, 0.4) is 0 Å². The largest absolute Gasteiger partial charge is 0.491 e. The van der Waals surface area contributed by atoms with E-state index in [-0.39, 0.29) is 22.0 Å². The Bertz CT molecular complexity index is 1750. The van der Waals surface area contributed by atoms with E-state index in [1.165, 1.54) is 31.6 Å². The Hall–Kier alpha value is -4.64. The summed E-state index contributed by atoms with van der Waals surface area (Å²) in [6, 6.07) is 15.2. The fourth-order valence-electron chi connectivity index (χ4n) is 4.07. The maximum Gasteiger partial charge on any atom is 0.270 e. The minimum atomic E-state index is -4.62. The molecule has 0 aliphatic heterocycles. The average molecular weight is 535 g/mol. The van der Waals surface area contributed by atoms with E-state index in [4.69, 9.17) is 9.47 Å². The average Bonchev–Trinajstić information content (AvgIpc) is 2.95. The van der Waals surface area contributed by atoms with E-state index in [9.17, 15) is 8.42 Å². The van der Waals surface area contributed by atoms with Crippen molar-refractivity contribution in [1.29, 1.82) is 0 Å². The van der Waals surface area contributed by atoms with Gasteiger partial charge in [0.1, 0.15) is 12.0 Å². The lowest BCUT2D eigenvalue weighted by Crippen LogP contribution is -2.29. The standard InChI is InChI=1S/C27H20F2N4O4S/c1-36-23-15-31-16-32-27(23)33(38(34,35)20-9-8-19-14-30-11-10-18(19)12-20)25-22(28)13-21(24(29)26(25)37-2)17-6-4-3-5-7-17/h3-16H,1-2H3. The molecule has 0 N–H and O–H groups in total. The van der Waals surface area contributed by atoms with Crippen LogP contribution in [-0.4, -0.2) is 37.6 Å². The van der Waals surface area contributed by atoms with E-state index in [0.29, 0.717) is 20.6 Å². The molecule has 192 valence electrons. The third-order valence-electron chi connectivity index (χ3n) is 5.86. The summed E-state index contributed by atoms with van der Waals surface area (Å²) in [6.07, 6.45) is 5.39. The van der Waals surface area contributed by atoms with Crippen LogP contribution < -0.4 is 13.8 Å². The predicted octanol–water partition coefficient (Wildman–Crippen LogP) is 5.51. The van der Waals surface area contributed by atoms with Crippen molar-refractivity contribution in [2.75, 3.05) is 18.5 Å². The molecule has 0 spiro atoms. The van der Waals surface area contributed by atoms with Crippen LogP contribution in [0.4, 0.5) is 20.3 Å². The highest BCUT2D eigenvalue weighted by atomic mass is 32.2. The Labute approximate surface area is 217 Å². The minimum Gasteiger partial charge on any atom is -0.491 e. The molecule has 0 radical (unpaired) electrons. The Morgan fingerprint density at radius 1 is 0.868 bits per heavy atom. The SMILES string of the molecule is COc1cncnc1N(c1c(F)cc(-c2ccccc2)c(F)c1OC)S(=O)(=O)c1ccc2cnccc2c1. The molecule has 0 amide bonds. The Morgan fingerprint density at radius 3 is 2.39 bits per heavy atom. The number of hydrogen-bond acceptors (Lipinski definition) is 7. The van der Waals surface area contributed by atoms with Gasteiger partial charge in [-0.05, 0) is 35.2 Å². The van der Waals surface area contributed by atoms with Crippen LogP contribution in [-0.2, 0) is 10.0 Å². The molecule has 5 aromatic rings. The highest BCUT2D eigenvalue weighted by Gasteiger charge is 2.37. The first-order valence-electron chi connectivity index (χ1n) is 11.2. The molecule has 0 fully saturated rings. The smallest absolute Gasteiger partial charge is 0.270 e. The number of hydrogen-bond donors (Lipinski definition) is 0. The monoisotopic (exact) mass is 534 g/mol. The van der Waals surface area contributed by atoms with Crippen molar-refractivity contribution in [1.82, 2.24) is 15.0 Å². The van der Waals surface area contributed by atoms with E-state index in [0.717, 1.165) is 19.5 Å². The number of anilines is 2. The Kier molecular flexibility index (Phi) is 6.60. The quantitative estimate of drug-likeness (QED) is 0.272. The normalized spacial score (nSPS) is 11.4. The van der Waals surface area contributed by atoms with Gasteiger partial charge in [0, 0.05) is 23.3 Å². The van der Waals surface area contributed by atoms with Gasteiger partial charge in [0.25, 0.3) is 10.0 Å². The van der Waals surface area contributed by atoms with Crippen LogP contribution in [0.2, 0.25) is 0 Å². The van der Waals surface area contributed by atoms with Crippen molar-refractivity contribution < 1.29 is 26.7 Å². The van der Waals surface area contributed by atoms with Crippen molar-refractivity contribution >= 4 is 32.3 Å². The van der Waals surface area contributed by atoms with Crippen molar-refractivity contribution in [2.24, 2.45) is 0 Å². The van der Waals surface area contributed by atoms with E-state index in [1.807, 2.05) is 0 Å². The molecule has 0 bridgehead atoms. The molecule has 8 nitrogen and oxygen atoms in total. The molecule has 0 unspecified atom stereocenters. The summed E-state index contributed by atoms with van der Waals surface area (Å²) < 4.78 is 71.4. The zero-order valence-electron chi connectivity index (χ0n) is 20.2. The van der Waals surface area contributed by atoms with Gasteiger partial charge in [-0.1, -0.05) is 36.4 Å². The van der Waals surface area contributed by atoms with Gasteiger partial charge in [-0.2, -0.15) is 0 Å². The second-order valence-corrected chi connectivity index (χ2v) is 9.82. The van der Waals surface area contributed by atoms with E-state index in [1.54, 1.807) is 48.7 Å². The molecule has 0 aliphatic rings. The summed E-state index contributed by atoms with van der Waals surface area (Å²) in [5.74, 6) is -3.06. The summed E-state index contributed by atoms with van der Waals surface area (Å²) >= 11 is 0. The number of benzene rings is 3. The third-order valence-corrected chi connectivity index (χ3v) is 7.55. The fraction of sp³-hybridized carbons (Fsp3) is 0.0741. The summed E-state index contributed by atoms with van der Waals surface area (Å²) in [5, 5.41) is 1.27.